The van der Waals surface area contributed by atoms with Gasteiger partial charge >= 0.3 is 0 Å². The molecule has 1 aromatic rings. The van der Waals surface area contributed by atoms with Crippen LogP contribution in [0.3, 0.4) is 0 Å². The number of ketones is 1. The Morgan fingerprint density at radius 2 is 2.36 bits per heavy atom. The molecule has 1 unspecified atom stereocenters. The first kappa shape index (κ1) is 10.9. The number of hydrogen-bond acceptors (Lipinski definition) is 3. The monoisotopic (exact) mass is 192 g/mol. The third-order valence-electron chi connectivity index (χ3n) is 2.30. The lowest BCUT2D eigenvalue weighted by atomic mass is 10.1. The van der Waals surface area contributed by atoms with E-state index in [2.05, 4.69) is 11.9 Å². The number of aromatic nitrogens is 1. The van der Waals surface area contributed by atoms with E-state index in [0.29, 0.717) is 6.54 Å². The molecule has 3 heteroatoms. The summed E-state index contributed by atoms with van der Waals surface area (Å²) in [6.45, 7) is 4.16. The molecule has 1 aromatic heterocycles. The Labute approximate surface area is 84.8 Å². The molecule has 0 radical (unpaired) electrons. The summed E-state index contributed by atoms with van der Waals surface area (Å²) >= 11 is 0. The Morgan fingerprint density at radius 3 is 2.86 bits per heavy atom. The van der Waals surface area contributed by atoms with Crippen molar-refractivity contribution in [1.82, 2.24) is 9.88 Å². The third kappa shape index (κ3) is 2.92. The van der Waals surface area contributed by atoms with Gasteiger partial charge in [-0.1, -0.05) is 6.07 Å². The fourth-order valence-corrected chi connectivity index (χ4v) is 1.37. The van der Waals surface area contributed by atoms with E-state index in [1.54, 1.807) is 13.1 Å². The summed E-state index contributed by atoms with van der Waals surface area (Å²) in [5.74, 6) is 0.184. The molecule has 0 saturated heterocycles. The molecule has 76 valence electrons. The molecular formula is C11H16N2O. The van der Waals surface area contributed by atoms with Gasteiger partial charge in [-0.05, 0) is 32.5 Å². The molecule has 0 bridgehead atoms. The Hall–Kier alpha value is -1.22. The van der Waals surface area contributed by atoms with Crippen molar-refractivity contribution in [2.45, 2.75) is 19.9 Å². The summed E-state index contributed by atoms with van der Waals surface area (Å²) in [5.41, 5.74) is 1.14. The van der Waals surface area contributed by atoms with Crippen LogP contribution < -0.4 is 0 Å². The highest BCUT2D eigenvalue weighted by Gasteiger charge is 2.12. The molecule has 0 aliphatic carbocycles. The van der Waals surface area contributed by atoms with Crippen molar-refractivity contribution < 1.29 is 4.79 Å². The maximum absolute atomic E-state index is 10.9. The molecule has 14 heavy (non-hydrogen) atoms. The molecular weight excluding hydrogens is 176 g/mol. The first-order chi connectivity index (χ1) is 6.61. The van der Waals surface area contributed by atoms with Crippen LogP contribution in [0.5, 0.6) is 0 Å². The number of Topliss-reactive ketones (excluding diaryl/α,β-unsaturated/α-hetero) is 1. The minimum atomic E-state index is 0.184. The first-order valence-corrected chi connectivity index (χ1v) is 4.71. The van der Waals surface area contributed by atoms with Gasteiger partial charge in [0.25, 0.3) is 0 Å². The molecule has 1 heterocycles. The average Bonchev–Trinajstić information content (AvgIpc) is 2.17. The van der Waals surface area contributed by atoms with Gasteiger partial charge in [-0.2, -0.15) is 0 Å². The molecule has 1 rings (SSSR count). The van der Waals surface area contributed by atoms with Crippen LogP contribution in [0.4, 0.5) is 0 Å². The van der Waals surface area contributed by atoms with Gasteiger partial charge in [-0.15, -0.1) is 0 Å². The van der Waals surface area contributed by atoms with Crippen LogP contribution in [0.2, 0.25) is 0 Å². The fraction of sp³-hybridized carbons (Fsp3) is 0.455. The zero-order valence-electron chi connectivity index (χ0n) is 8.90. The third-order valence-corrected chi connectivity index (χ3v) is 2.30. The molecule has 0 aromatic carbocycles. The van der Waals surface area contributed by atoms with Crippen LogP contribution in [0, 0.1) is 0 Å². The highest BCUT2D eigenvalue weighted by atomic mass is 16.1. The van der Waals surface area contributed by atoms with Gasteiger partial charge in [0.2, 0.25) is 0 Å². The van der Waals surface area contributed by atoms with E-state index in [1.165, 1.54) is 0 Å². The normalized spacial score (nSPS) is 12.9. The summed E-state index contributed by atoms with van der Waals surface area (Å²) in [6.07, 6.45) is 3.59. The summed E-state index contributed by atoms with van der Waals surface area (Å²) in [6, 6.07) is 4.16. The van der Waals surface area contributed by atoms with Crippen molar-refractivity contribution in [3.05, 3.63) is 30.1 Å². The maximum Gasteiger partial charge on any atom is 0.143 e. The number of hydrogen-bond donors (Lipinski definition) is 0. The van der Waals surface area contributed by atoms with Gasteiger partial charge in [0, 0.05) is 18.4 Å². The van der Waals surface area contributed by atoms with E-state index >= 15 is 0 Å². The smallest absolute Gasteiger partial charge is 0.143 e. The van der Waals surface area contributed by atoms with E-state index in [4.69, 9.17) is 0 Å². The van der Waals surface area contributed by atoms with Crippen LogP contribution in [-0.2, 0) is 4.79 Å². The predicted octanol–water partition coefficient (Wildman–Crippen LogP) is 1.66. The number of likely N-dealkylation sites (N-methyl/N-ethyl adjacent to an activating group) is 1. The second-order valence-corrected chi connectivity index (χ2v) is 3.58. The lowest BCUT2D eigenvalue weighted by Gasteiger charge is -2.23. The number of carbonyl (C=O) groups excluding carboxylic acids is 1. The molecule has 0 spiro atoms. The number of rotatable bonds is 4. The molecule has 0 amide bonds. The van der Waals surface area contributed by atoms with Gasteiger partial charge in [0.05, 0.1) is 6.54 Å². The number of carbonyl (C=O) groups is 1. The van der Waals surface area contributed by atoms with Crippen molar-refractivity contribution >= 4 is 5.78 Å². The number of nitrogens with zero attached hydrogens (tertiary/aromatic N) is 2. The highest BCUT2D eigenvalue weighted by molar-refractivity contribution is 5.77. The standard InChI is InChI=1S/C11H16N2O/c1-9(14)8-13(3)10(2)11-5-4-6-12-7-11/h4-7,10H,8H2,1-3H3. The second-order valence-electron chi connectivity index (χ2n) is 3.58. The van der Waals surface area contributed by atoms with Gasteiger partial charge in [-0.3, -0.25) is 14.7 Å². The minimum Gasteiger partial charge on any atom is -0.299 e. The molecule has 0 aliphatic heterocycles. The van der Waals surface area contributed by atoms with Gasteiger partial charge in [-0.25, -0.2) is 0 Å². The van der Waals surface area contributed by atoms with Crippen LogP contribution in [0.1, 0.15) is 25.5 Å². The Balaban J connectivity index is 2.65. The zero-order valence-corrected chi connectivity index (χ0v) is 8.90. The van der Waals surface area contributed by atoms with Gasteiger partial charge in [0.15, 0.2) is 0 Å². The fourth-order valence-electron chi connectivity index (χ4n) is 1.37. The van der Waals surface area contributed by atoms with Crippen molar-refractivity contribution in [1.29, 1.82) is 0 Å². The van der Waals surface area contributed by atoms with E-state index in [-0.39, 0.29) is 11.8 Å². The molecule has 1 atom stereocenters. The SMILES string of the molecule is CC(=O)CN(C)C(C)c1cccnc1. The van der Waals surface area contributed by atoms with E-state index < -0.39 is 0 Å². The number of pyridine rings is 1. The first-order valence-electron chi connectivity index (χ1n) is 4.71. The molecule has 0 fully saturated rings. The summed E-state index contributed by atoms with van der Waals surface area (Å²) < 4.78 is 0. The quantitative estimate of drug-likeness (QED) is 0.727. The van der Waals surface area contributed by atoms with Gasteiger partial charge in [0.1, 0.15) is 5.78 Å². The topological polar surface area (TPSA) is 33.2 Å². The molecule has 0 N–H and O–H groups in total. The summed E-state index contributed by atoms with van der Waals surface area (Å²) in [7, 11) is 1.94. The molecule has 0 aliphatic rings. The molecule has 3 nitrogen and oxygen atoms in total. The zero-order chi connectivity index (χ0) is 10.6. The van der Waals surface area contributed by atoms with Gasteiger partial charge < -0.3 is 0 Å². The van der Waals surface area contributed by atoms with E-state index in [1.807, 2.05) is 30.3 Å². The lowest BCUT2D eigenvalue weighted by molar-refractivity contribution is -0.118. The molecule has 0 saturated carbocycles. The average molecular weight is 192 g/mol. The highest BCUT2D eigenvalue weighted by Crippen LogP contribution is 2.16. The van der Waals surface area contributed by atoms with Crippen molar-refractivity contribution in [2.75, 3.05) is 13.6 Å². The van der Waals surface area contributed by atoms with Crippen LogP contribution in [0.15, 0.2) is 24.5 Å². The lowest BCUT2D eigenvalue weighted by Crippen LogP contribution is -2.27. The Morgan fingerprint density at radius 1 is 1.64 bits per heavy atom. The van der Waals surface area contributed by atoms with E-state index in [0.717, 1.165) is 5.56 Å². The van der Waals surface area contributed by atoms with Crippen molar-refractivity contribution in [3.63, 3.8) is 0 Å². The van der Waals surface area contributed by atoms with Crippen molar-refractivity contribution in [3.8, 4) is 0 Å². The largest absolute Gasteiger partial charge is 0.299 e. The predicted molar refractivity (Wildman–Crippen MR) is 56.0 cm³/mol. The van der Waals surface area contributed by atoms with Crippen LogP contribution >= 0.6 is 0 Å². The second kappa shape index (κ2) is 4.86. The Bertz CT molecular complexity index is 297. The summed E-state index contributed by atoms with van der Waals surface area (Å²) in [5, 5.41) is 0. The van der Waals surface area contributed by atoms with Crippen LogP contribution in [-0.4, -0.2) is 29.3 Å². The Kier molecular flexibility index (Phi) is 3.77. The minimum absolute atomic E-state index is 0.184. The van der Waals surface area contributed by atoms with Crippen LogP contribution in [0.25, 0.3) is 0 Å². The summed E-state index contributed by atoms with van der Waals surface area (Å²) in [4.78, 5) is 17.0. The maximum atomic E-state index is 10.9. The van der Waals surface area contributed by atoms with Crippen molar-refractivity contribution in [2.24, 2.45) is 0 Å². The van der Waals surface area contributed by atoms with E-state index in [9.17, 15) is 4.79 Å².